The Morgan fingerprint density at radius 2 is 1.36 bits per heavy atom. The van der Waals surface area contributed by atoms with Gasteiger partial charge in [-0.25, -0.2) is 0 Å². The van der Waals surface area contributed by atoms with Crippen LogP contribution < -0.4 is 4.43 Å². The minimum atomic E-state index is -1.92. The van der Waals surface area contributed by atoms with Gasteiger partial charge in [0.15, 0.2) is 0 Å². The first-order chi connectivity index (χ1) is 10.3. The van der Waals surface area contributed by atoms with Crippen molar-refractivity contribution < 1.29 is 4.43 Å². The number of benzene rings is 2. The van der Waals surface area contributed by atoms with E-state index >= 15 is 0 Å². The van der Waals surface area contributed by atoms with E-state index in [0.717, 1.165) is 10.2 Å². The van der Waals surface area contributed by atoms with Gasteiger partial charge in [-0.15, -0.1) is 0 Å². The molecule has 0 radical (unpaired) electrons. The quantitative estimate of drug-likeness (QED) is 0.501. The zero-order valence-electron chi connectivity index (χ0n) is 14.5. The SMILES string of the molecule is CC(C)[Si](Oc1ccc2ccccc2c1Br)(C(C)C)C(C)C. The van der Waals surface area contributed by atoms with Gasteiger partial charge in [0, 0.05) is 0 Å². The summed E-state index contributed by atoms with van der Waals surface area (Å²) in [5, 5.41) is 2.46. The molecule has 0 saturated heterocycles. The largest absolute Gasteiger partial charge is 0.542 e. The van der Waals surface area contributed by atoms with Crippen molar-refractivity contribution >= 4 is 35.0 Å². The summed E-state index contributed by atoms with van der Waals surface area (Å²) >= 11 is 3.78. The van der Waals surface area contributed by atoms with Crippen LogP contribution in [0.5, 0.6) is 5.75 Å². The molecule has 0 saturated carbocycles. The third-order valence-corrected chi connectivity index (χ3v) is 11.6. The van der Waals surface area contributed by atoms with E-state index in [4.69, 9.17) is 4.43 Å². The second-order valence-corrected chi connectivity index (χ2v) is 13.2. The molecule has 0 spiro atoms. The van der Waals surface area contributed by atoms with E-state index in [9.17, 15) is 0 Å². The Labute approximate surface area is 144 Å². The minimum Gasteiger partial charge on any atom is -0.542 e. The zero-order chi connectivity index (χ0) is 16.5. The second-order valence-electron chi connectivity index (χ2n) is 7.02. The molecule has 2 aromatic rings. The summed E-state index contributed by atoms with van der Waals surface area (Å²) in [5.74, 6) is 1.00. The van der Waals surface area contributed by atoms with Gasteiger partial charge in [-0.3, -0.25) is 0 Å². The first-order valence-corrected chi connectivity index (χ1v) is 11.1. The molecule has 120 valence electrons. The maximum Gasteiger partial charge on any atom is 0.258 e. The highest BCUT2D eigenvalue weighted by Gasteiger charge is 2.47. The van der Waals surface area contributed by atoms with Crippen LogP contribution in [0.2, 0.25) is 16.6 Å². The summed E-state index contributed by atoms with van der Waals surface area (Å²) in [6, 6.07) is 12.7. The maximum absolute atomic E-state index is 6.82. The Morgan fingerprint density at radius 1 is 0.818 bits per heavy atom. The smallest absolute Gasteiger partial charge is 0.258 e. The fraction of sp³-hybridized carbons (Fsp3) is 0.474. The van der Waals surface area contributed by atoms with E-state index in [2.05, 4.69) is 93.9 Å². The highest BCUT2D eigenvalue weighted by atomic mass is 79.9. The Kier molecular flexibility index (Phi) is 5.39. The van der Waals surface area contributed by atoms with Gasteiger partial charge in [0.1, 0.15) is 5.75 Å². The Bertz CT molecular complexity index is 627. The summed E-state index contributed by atoms with van der Waals surface area (Å²) in [7, 11) is -1.92. The van der Waals surface area contributed by atoms with Crippen molar-refractivity contribution in [2.45, 2.75) is 58.2 Å². The van der Waals surface area contributed by atoms with Crippen LogP contribution in [0, 0.1) is 0 Å². The molecular weight excluding hydrogens is 352 g/mol. The molecule has 0 heterocycles. The van der Waals surface area contributed by atoms with Crippen LogP contribution in [0.1, 0.15) is 41.5 Å². The monoisotopic (exact) mass is 378 g/mol. The topological polar surface area (TPSA) is 9.23 Å². The van der Waals surface area contributed by atoms with Gasteiger partial charge in [0.05, 0.1) is 4.47 Å². The molecule has 1 nitrogen and oxygen atoms in total. The molecule has 0 N–H and O–H groups in total. The Morgan fingerprint density at radius 3 is 1.91 bits per heavy atom. The number of fused-ring (bicyclic) bond motifs is 1. The van der Waals surface area contributed by atoms with Crippen molar-refractivity contribution in [3.8, 4) is 5.75 Å². The van der Waals surface area contributed by atoms with E-state index in [1.165, 1.54) is 10.8 Å². The molecular formula is C19H27BrOSi. The van der Waals surface area contributed by atoms with Crippen molar-refractivity contribution in [2.75, 3.05) is 0 Å². The van der Waals surface area contributed by atoms with Crippen LogP contribution in [0.4, 0.5) is 0 Å². The Hall–Kier alpha value is -0.803. The van der Waals surface area contributed by atoms with Crippen LogP contribution >= 0.6 is 15.9 Å². The lowest BCUT2D eigenvalue weighted by atomic mass is 10.1. The average Bonchev–Trinajstić information content (AvgIpc) is 2.45. The number of hydrogen-bond acceptors (Lipinski definition) is 1. The molecule has 22 heavy (non-hydrogen) atoms. The molecule has 0 atom stereocenters. The standard InChI is InChI=1S/C19H27BrOSi/c1-13(2)22(14(3)4,15(5)6)21-18-12-11-16-9-7-8-10-17(16)19(18)20/h7-15H,1-6H3. The lowest BCUT2D eigenvalue weighted by Crippen LogP contribution is -2.50. The van der Waals surface area contributed by atoms with E-state index in [0.29, 0.717) is 16.6 Å². The van der Waals surface area contributed by atoms with Crippen LogP contribution in [0.15, 0.2) is 40.9 Å². The molecule has 0 unspecified atom stereocenters. The van der Waals surface area contributed by atoms with Crippen LogP contribution in [-0.2, 0) is 0 Å². The lowest BCUT2D eigenvalue weighted by molar-refractivity contribution is 0.478. The molecule has 0 aliphatic carbocycles. The van der Waals surface area contributed by atoms with Crippen molar-refractivity contribution in [1.29, 1.82) is 0 Å². The van der Waals surface area contributed by atoms with Crippen LogP contribution in [0.3, 0.4) is 0 Å². The third kappa shape index (κ3) is 2.98. The van der Waals surface area contributed by atoms with Gasteiger partial charge in [0.2, 0.25) is 0 Å². The van der Waals surface area contributed by atoms with Crippen LogP contribution in [0.25, 0.3) is 10.8 Å². The van der Waals surface area contributed by atoms with Crippen LogP contribution in [-0.4, -0.2) is 8.32 Å². The van der Waals surface area contributed by atoms with Crippen molar-refractivity contribution in [3.63, 3.8) is 0 Å². The second kappa shape index (κ2) is 6.75. The first-order valence-electron chi connectivity index (χ1n) is 8.17. The predicted molar refractivity (Wildman–Crippen MR) is 103 cm³/mol. The van der Waals surface area contributed by atoms with Gasteiger partial charge in [-0.1, -0.05) is 71.9 Å². The fourth-order valence-electron chi connectivity index (χ4n) is 3.84. The van der Waals surface area contributed by atoms with E-state index in [1.54, 1.807) is 0 Å². The molecule has 2 aromatic carbocycles. The molecule has 2 rings (SSSR count). The highest BCUT2D eigenvalue weighted by molar-refractivity contribution is 9.10. The van der Waals surface area contributed by atoms with Gasteiger partial charge >= 0.3 is 0 Å². The molecule has 0 bridgehead atoms. The minimum absolute atomic E-state index is 0.575. The molecule has 0 aromatic heterocycles. The predicted octanol–water partition coefficient (Wildman–Crippen LogP) is 7.16. The van der Waals surface area contributed by atoms with Gasteiger partial charge in [0.25, 0.3) is 8.32 Å². The Balaban J connectivity index is 2.53. The van der Waals surface area contributed by atoms with Crippen molar-refractivity contribution in [2.24, 2.45) is 0 Å². The lowest BCUT2D eigenvalue weighted by Gasteiger charge is -2.42. The molecule has 0 amide bonds. The number of hydrogen-bond donors (Lipinski definition) is 0. The number of rotatable bonds is 5. The normalized spacial score (nSPS) is 12.6. The van der Waals surface area contributed by atoms with Gasteiger partial charge in [-0.2, -0.15) is 0 Å². The first kappa shape index (κ1) is 17.5. The van der Waals surface area contributed by atoms with Gasteiger partial charge < -0.3 is 4.43 Å². The molecule has 0 aliphatic rings. The molecule has 0 fully saturated rings. The van der Waals surface area contributed by atoms with E-state index < -0.39 is 8.32 Å². The summed E-state index contributed by atoms with van der Waals surface area (Å²) in [6.45, 7) is 13.9. The summed E-state index contributed by atoms with van der Waals surface area (Å²) in [4.78, 5) is 0. The third-order valence-electron chi connectivity index (χ3n) is 4.82. The van der Waals surface area contributed by atoms with E-state index in [1.807, 2.05) is 0 Å². The highest BCUT2D eigenvalue weighted by Crippen LogP contribution is 2.45. The summed E-state index contributed by atoms with van der Waals surface area (Å²) in [6.07, 6.45) is 0. The average molecular weight is 379 g/mol. The fourth-order valence-corrected chi connectivity index (χ4v) is 9.82. The summed E-state index contributed by atoms with van der Waals surface area (Å²) in [5.41, 5.74) is 1.72. The van der Waals surface area contributed by atoms with Crippen molar-refractivity contribution in [1.82, 2.24) is 0 Å². The summed E-state index contributed by atoms with van der Waals surface area (Å²) < 4.78 is 7.90. The van der Waals surface area contributed by atoms with Crippen molar-refractivity contribution in [3.05, 3.63) is 40.9 Å². The molecule has 0 aliphatic heterocycles. The zero-order valence-corrected chi connectivity index (χ0v) is 17.1. The molecule has 3 heteroatoms. The van der Waals surface area contributed by atoms with Gasteiger partial charge in [-0.05, 0) is 49.4 Å². The number of halogens is 1. The maximum atomic E-state index is 6.82. The van der Waals surface area contributed by atoms with E-state index in [-0.39, 0.29) is 0 Å².